The van der Waals surface area contributed by atoms with E-state index < -0.39 is 12.1 Å². The summed E-state index contributed by atoms with van der Waals surface area (Å²) < 4.78 is 0. The molecule has 0 aliphatic rings. The molecular weight excluding hydrogens is 699 g/mol. The monoisotopic (exact) mass is 806 g/mol. The highest BCUT2D eigenvalue weighted by molar-refractivity contribution is 5.76. The van der Waals surface area contributed by atoms with Crippen LogP contribution in [0.1, 0.15) is 316 Å². The number of rotatable bonds is 50. The van der Waals surface area contributed by atoms with Crippen LogP contribution in [0.15, 0.2) is 0 Å². The fourth-order valence-corrected chi connectivity index (χ4v) is 8.78. The Morgan fingerprint density at radius 1 is 0.351 bits per heavy atom. The van der Waals surface area contributed by atoms with Gasteiger partial charge in [0.15, 0.2) is 0 Å². The lowest BCUT2D eigenvalue weighted by atomic mass is 10.0. The van der Waals surface area contributed by atoms with E-state index in [9.17, 15) is 15.0 Å². The van der Waals surface area contributed by atoms with E-state index in [2.05, 4.69) is 19.2 Å². The molecule has 0 saturated heterocycles. The minimum absolute atomic E-state index is 0.0257. The Morgan fingerprint density at radius 2 is 0.561 bits per heavy atom. The summed E-state index contributed by atoms with van der Waals surface area (Å²) in [7, 11) is 0. The normalized spacial score (nSPS) is 12.7. The van der Waals surface area contributed by atoms with Gasteiger partial charge in [0.1, 0.15) is 0 Å². The number of nitrogens with one attached hydrogen (secondary N) is 1. The van der Waals surface area contributed by atoms with Crippen LogP contribution >= 0.6 is 0 Å². The van der Waals surface area contributed by atoms with Crippen molar-refractivity contribution in [1.82, 2.24) is 5.32 Å². The highest BCUT2D eigenvalue weighted by atomic mass is 16.3. The zero-order valence-corrected chi connectivity index (χ0v) is 39.4. The summed E-state index contributed by atoms with van der Waals surface area (Å²) in [5, 5.41) is 23.1. The van der Waals surface area contributed by atoms with E-state index in [0.717, 1.165) is 25.7 Å². The van der Waals surface area contributed by atoms with E-state index >= 15 is 0 Å². The lowest BCUT2D eigenvalue weighted by molar-refractivity contribution is -0.123. The van der Waals surface area contributed by atoms with Crippen LogP contribution in [-0.2, 0) is 4.79 Å². The van der Waals surface area contributed by atoms with Crippen LogP contribution in [0.2, 0.25) is 0 Å². The summed E-state index contributed by atoms with van der Waals surface area (Å²) >= 11 is 0. The molecule has 0 spiro atoms. The molecule has 0 aliphatic carbocycles. The highest BCUT2D eigenvalue weighted by Gasteiger charge is 2.20. The van der Waals surface area contributed by atoms with Crippen molar-refractivity contribution in [1.29, 1.82) is 0 Å². The third-order valence-corrected chi connectivity index (χ3v) is 12.9. The zero-order chi connectivity index (χ0) is 41.4. The summed E-state index contributed by atoms with van der Waals surface area (Å²) in [6, 6.07) is -0.529. The van der Waals surface area contributed by atoms with Crippen LogP contribution in [0, 0.1) is 0 Å². The first-order chi connectivity index (χ1) is 28.2. The number of unbranched alkanes of at least 4 members (excludes halogenated alkanes) is 43. The Balaban J connectivity index is 3.30. The largest absolute Gasteiger partial charge is 0.394 e. The number of aliphatic hydroxyl groups excluding tert-OH is 2. The molecule has 342 valence electrons. The number of hydrogen-bond donors (Lipinski definition) is 3. The van der Waals surface area contributed by atoms with E-state index in [-0.39, 0.29) is 12.5 Å². The van der Waals surface area contributed by atoms with Crippen LogP contribution < -0.4 is 5.32 Å². The first-order valence-corrected chi connectivity index (χ1v) is 26.7. The van der Waals surface area contributed by atoms with Crippen LogP contribution in [0.25, 0.3) is 0 Å². The first-order valence-electron chi connectivity index (χ1n) is 26.7. The van der Waals surface area contributed by atoms with Gasteiger partial charge in [0.2, 0.25) is 5.91 Å². The molecule has 0 fully saturated rings. The summed E-state index contributed by atoms with van der Waals surface area (Å²) in [6.45, 7) is 4.37. The topological polar surface area (TPSA) is 69.6 Å². The maximum atomic E-state index is 12.4. The zero-order valence-electron chi connectivity index (χ0n) is 39.4. The Morgan fingerprint density at radius 3 is 0.789 bits per heavy atom. The quantitative estimate of drug-likeness (QED) is 0.0536. The molecule has 0 heterocycles. The Bertz CT molecular complexity index is 744. The van der Waals surface area contributed by atoms with Crippen molar-refractivity contribution in [2.24, 2.45) is 0 Å². The van der Waals surface area contributed by atoms with Crippen molar-refractivity contribution in [3.05, 3.63) is 0 Å². The summed E-state index contributed by atoms with van der Waals surface area (Å²) in [4.78, 5) is 12.4. The van der Waals surface area contributed by atoms with Gasteiger partial charge in [-0.15, -0.1) is 0 Å². The van der Waals surface area contributed by atoms with Gasteiger partial charge in [0, 0.05) is 6.42 Å². The fourth-order valence-electron chi connectivity index (χ4n) is 8.78. The van der Waals surface area contributed by atoms with Gasteiger partial charge in [-0.05, 0) is 12.8 Å². The molecule has 0 aromatic carbocycles. The molecule has 0 aliphatic heterocycles. The Labute approximate surface area is 359 Å². The highest BCUT2D eigenvalue weighted by Crippen LogP contribution is 2.18. The minimum atomic E-state index is -0.652. The van der Waals surface area contributed by atoms with Crippen LogP contribution in [0.4, 0.5) is 0 Å². The number of aliphatic hydroxyl groups is 2. The molecule has 3 N–H and O–H groups in total. The average molecular weight is 806 g/mol. The second kappa shape index (κ2) is 49.8. The summed E-state index contributed by atoms with van der Waals surface area (Å²) in [5.74, 6) is -0.0257. The van der Waals surface area contributed by atoms with Crippen molar-refractivity contribution in [2.75, 3.05) is 6.61 Å². The van der Waals surface area contributed by atoms with E-state index in [1.165, 1.54) is 263 Å². The van der Waals surface area contributed by atoms with Crippen LogP contribution in [0.5, 0.6) is 0 Å². The predicted octanol–water partition coefficient (Wildman–Crippen LogP) is 17.2. The van der Waals surface area contributed by atoms with E-state index in [0.29, 0.717) is 12.8 Å². The maximum absolute atomic E-state index is 12.4. The van der Waals surface area contributed by atoms with Gasteiger partial charge in [0.05, 0.1) is 18.8 Å². The van der Waals surface area contributed by atoms with E-state index in [1.54, 1.807) is 0 Å². The van der Waals surface area contributed by atoms with Crippen molar-refractivity contribution in [3.8, 4) is 0 Å². The smallest absolute Gasteiger partial charge is 0.220 e. The number of carbonyl (C=O) groups excluding carboxylic acids is 1. The summed E-state index contributed by atoms with van der Waals surface area (Å²) in [6.07, 6.45) is 62.5. The van der Waals surface area contributed by atoms with Crippen LogP contribution in [0.3, 0.4) is 0 Å². The van der Waals surface area contributed by atoms with Gasteiger partial charge in [-0.25, -0.2) is 0 Å². The van der Waals surface area contributed by atoms with Crippen molar-refractivity contribution < 1.29 is 15.0 Å². The summed E-state index contributed by atoms with van der Waals surface area (Å²) in [5.41, 5.74) is 0. The third kappa shape index (κ3) is 46.3. The molecule has 0 aromatic rings. The van der Waals surface area contributed by atoms with E-state index in [4.69, 9.17) is 0 Å². The lowest BCUT2D eigenvalue weighted by Gasteiger charge is -2.22. The van der Waals surface area contributed by atoms with Gasteiger partial charge < -0.3 is 15.5 Å². The number of hydrogen-bond acceptors (Lipinski definition) is 3. The maximum Gasteiger partial charge on any atom is 0.220 e. The molecule has 0 saturated carbocycles. The molecule has 0 unspecified atom stereocenters. The molecule has 0 bridgehead atoms. The molecule has 4 heteroatoms. The fraction of sp³-hybridized carbons (Fsp3) is 0.981. The second-order valence-electron chi connectivity index (χ2n) is 18.7. The molecule has 57 heavy (non-hydrogen) atoms. The predicted molar refractivity (Wildman–Crippen MR) is 253 cm³/mol. The van der Waals surface area contributed by atoms with Gasteiger partial charge in [-0.2, -0.15) is 0 Å². The Kier molecular flexibility index (Phi) is 49.2. The van der Waals surface area contributed by atoms with E-state index in [1.807, 2.05) is 0 Å². The molecular formula is C53H107NO3. The van der Waals surface area contributed by atoms with Crippen LogP contribution in [-0.4, -0.2) is 34.9 Å². The number of carbonyl (C=O) groups is 1. The standard InChI is InChI=1S/C53H107NO3/c1-3-5-7-9-11-13-15-16-17-18-19-20-21-22-23-24-25-26-27-28-29-30-31-32-33-34-35-36-37-38-39-41-43-45-47-49-53(57)54-51(50-55)52(56)48-46-44-42-40-14-12-10-8-6-4-2/h51-52,55-56H,3-50H2,1-2H3,(H,54,57)/t51-,52+/m0/s1. The van der Waals surface area contributed by atoms with Crippen molar-refractivity contribution in [3.63, 3.8) is 0 Å². The molecule has 4 nitrogen and oxygen atoms in total. The van der Waals surface area contributed by atoms with Gasteiger partial charge in [-0.1, -0.05) is 296 Å². The second-order valence-corrected chi connectivity index (χ2v) is 18.7. The van der Waals surface area contributed by atoms with Crippen molar-refractivity contribution >= 4 is 5.91 Å². The lowest BCUT2D eigenvalue weighted by Crippen LogP contribution is -2.45. The number of amides is 1. The van der Waals surface area contributed by atoms with Gasteiger partial charge in [-0.3, -0.25) is 4.79 Å². The molecule has 1 amide bonds. The third-order valence-electron chi connectivity index (χ3n) is 12.9. The van der Waals surface area contributed by atoms with Gasteiger partial charge in [0.25, 0.3) is 0 Å². The molecule has 0 aromatic heterocycles. The van der Waals surface area contributed by atoms with Gasteiger partial charge >= 0.3 is 0 Å². The first kappa shape index (κ1) is 56.4. The SMILES string of the molecule is CCCCCCCCCCCCCCCCCCCCCCCCCCCCCCCCCCCCCC(=O)N[C@@H](CO)[C@H](O)CCCCCCCCCCCC. The minimum Gasteiger partial charge on any atom is -0.394 e. The molecule has 0 radical (unpaired) electrons. The van der Waals surface area contributed by atoms with Crippen molar-refractivity contribution in [2.45, 2.75) is 328 Å². The average Bonchev–Trinajstić information content (AvgIpc) is 3.22. The molecule has 0 rings (SSSR count). The Hall–Kier alpha value is -0.610. The molecule has 2 atom stereocenters.